The van der Waals surface area contributed by atoms with Gasteiger partial charge in [0.15, 0.2) is 0 Å². The second-order valence-electron chi connectivity index (χ2n) is 4.25. The van der Waals surface area contributed by atoms with E-state index in [2.05, 4.69) is 31.6 Å². The summed E-state index contributed by atoms with van der Waals surface area (Å²) in [5.41, 5.74) is 12.8. The normalized spacial score (nSPS) is 13.3. The van der Waals surface area contributed by atoms with Crippen LogP contribution >= 0.6 is 0 Å². The molecule has 0 aromatic rings. The first-order valence-corrected chi connectivity index (χ1v) is 6.78. The van der Waals surface area contributed by atoms with Crippen LogP contribution in [0.15, 0.2) is 0 Å². The average Bonchev–Trinajstić information content (AvgIpc) is 2.28. The van der Waals surface area contributed by atoms with Crippen molar-refractivity contribution in [3.05, 3.63) is 0 Å². The van der Waals surface area contributed by atoms with Crippen molar-refractivity contribution in [3.63, 3.8) is 0 Å². The highest BCUT2D eigenvalue weighted by Gasteiger charge is 2.11. The molecule has 1 unspecified atom stereocenters. The largest absolute Gasteiger partial charge is 0.313 e. The lowest BCUT2D eigenvalue weighted by molar-refractivity contribution is 0.0544. The van der Waals surface area contributed by atoms with Crippen molar-refractivity contribution in [2.45, 2.75) is 65.5 Å². The Bertz CT molecular complexity index is 131. The smallest absolute Gasteiger partial charge is 0.0866 e. The van der Waals surface area contributed by atoms with E-state index in [0.717, 1.165) is 25.9 Å². The van der Waals surface area contributed by atoms with Crippen molar-refractivity contribution in [1.82, 2.24) is 16.0 Å². The molecule has 0 saturated heterocycles. The molecule has 4 N–H and O–H groups in total. The van der Waals surface area contributed by atoms with Crippen LogP contribution < -0.4 is 16.6 Å². The second kappa shape index (κ2) is 11.3. The number of hydrogen-bond donors (Lipinski definition) is 3. The topological polar surface area (TPSA) is 53.3 Å². The molecule has 0 aliphatic carbocycles. The van der Waals surface area contributed by atoms with E-state index in [1.807, 2.05) is 5.12 Å². The number of hydrogen-bond acceptors (Lipinski definition) is 4. The molecule has 1 atom stereocenters. The van der Waals surface area contributed by atoms with Crippen molar-refractivity contribution in [2.24, 2.45) is 5.73 Å². The zero-order valence-corrected chi connectivity index (χ0v) is 11.3. The van der Waals surface area contributed by atoms with Gasteiger partial charge in [-0.05, 0) is 19.3 Å². The molecule has 0 heterocycles. The number of unbranched alkanes of at least 4 members (excludes halogenated alkanes) is 2. The maximum absolute atomic E-state index is 6.09. The highest BCUT2D eigenvalue weighted by Crippen LogP contribution is 1.97. The predicted octanol–water partition coefficient (Wildman–Crippen LogP) is 1.98. The highest BCUT2D eigenvalue weighted by molar-refractivity contribution is 4.58. The fourth-order valence-electron chi connectivity index (χ4n) is 1.47. The maximum atomic E-state index is 6.09. The van der Waals surface area contributed by atoms with Crippen molar-refractivity contribution >= 4 is 0 Å². The van der Waals surface area contributed by atoms with Gasteiger partial charge in [0.1, 0.15) is 0 Å². The second-order valence-corrected chi connectivity index (χ2v) is 4.25. The van der Waals surface area contributed by atoms with Gasteiger partial charge >= 0.3 is 0 Å². The van der Waals surface area contributed by atoms with Gasteiger partial charge in [-0.1, -0.05) is 40.0 Å². The van der Waals surface area contributed by atoms with Gasteiger partial charge in [-0.2, -0.15) is 5.12 Å². The number of hydrazine groups is 2. The van der Waals surface area contributed by atoms with Gasteiger partial charge in [-0.15, -0.1) is 0 Å². The van der Waals surface area contributed by atoms with Gasteiger partial charge in [-0.25, -0.2) is 10.9 Å². The molecule has 4 heteroatoms. The standard InChI is InChI=1S/C12H30N4/c1-4-7-10-14-16(12(13)9-6-3)15-11-8-5-2/h12,14-15H,4-11,13H2,1-3H3. The quantitative estimate of drug-likeness (QED) is 0.289. The molecule has 0 bridgehead atoms. The number of nitrogens with zero attached hydrogens (tertiary/aromatic N) is 1. The molecule has 0 aliphatic heterocycles. The van der Waals surface area contributed by atoms with Crippen LogP contribution in [0, 0.1) is 0 Å². The van der Waals surface area contributed by atoms with E-state index in [-0.39, 0.29) is 6.17 Å². The van der Waals surface area contributed by atoms with Crippen LogP contribution in [0.3, 0.4) is 0 Å². The van der Waals surface area contributed by atoms with Crippen LogP contribution in [0.5, 0.6) is 0 Å². The summed E-state index contributed by atoms with van der Waals surface area (Å²) in [6.07, 6.45) is 6.98. The Morgan fingerprint density at radius 3 is 1.81 bits per heavy atom. The summed E-state index contributed by atoms with van der Waals surface area (Å²) in [5.74, 6) is 0. The van der Waals surface area contributed by atoms with Crippen molar-refractivity contribution < 1.29 is 0 Å². The summed E-state index contributed by atoms with van der Waals surface area (Å²) in [7, 11) is 0. The zero-order chi connectivity index (χ0) is 12.2. The van der Waals surface area contributed by atoms with E-state index in [1.54, 1.807) is 0 Å². The maximum Gasteiger partial charge on any atom is 0.0866 e. The Balaban J connectivity index is 3.84. The molecular formula is C12H30N4. The SMILES string of the molecule is CCCCNN(NCCCC)C(N)CCC. The molecule has 98 valence electrons. The first-order valence-electron chi connectivity index (χ1n) is 6.78. The van der Waals surface area contributed by atoms with Crippen molar-refractivity contribution in [3.8, 4) is 0 Å². The van der Waals surface area contributed by atoms with Crippen LogP contribution in [0.4, 0.5) is 0 Å². The fourth-order valence-corrected chi connectivity index (χ4v) is 1.47. The summed E-state index contributed by atoms with van der Waals surface area (Å²) in [5, 5.41) is 1.99. The molecule has 0 aromatic carbocycles. The lowest BCUT2D eigenvalue weighted by Crippen LogP contribution is -2.57. The van der Waals surface area contributed by atoms with E-state index >= 15 is 0 Å². The molecule has 0 saturated carbocycles. The Kier molecular flexibility index (Phi) is 11.2. The molecule has 0 aromatic heterocycles. The molecule has 0 amide bonds. The van der Waals surface area contributed by atoms with Crippen molar-refractivity contribution in [1.29, 1.82) is 0 Å². The summed E-state index contributed by atoms with van der Waals surface area (Å²) < 4.78 is 0. The van der Waals surface area contributed by atoms with Gasteiger partial charge in [0, 0.05) is 13.1 Å². The molecule has 0 aliphatic rings. The molecule has 0 fully saturated rings. The molecule has 0 rings (SSSR count). The van der Waals surface area contributed by atoms with Gasteiger partial charge in [0.25, 0.3) is 0 Å². The first kappa shape index (κ1) is 15.8. The number of rotatable bonds is 11. The predicted molar refractivity (Wildman–Crippen MR) is 70.5 cm³/mol. The lowest BCUT2D eigenvalue weighted by atomic mass is 10.3. The van der Waals surface area contributed by atoms with E-state index in [4.69, 9.17) is 5.73 Å². The Morgan fingerprint density at radius 2 is 1.44 bits per heavy atom. The summed E-state index contributed by atoms with van der Waals surface area (Å²) in [6, 6.07) is 0. The van der Waals surface area contributed by atoms with Crippen LogP contribution in [-0.2, 0) is 0 Å². The van der Waals surface area contributed by atoms with E-state index in [0.29, 0.717) is 0 Å². The number of nitrogens with one attached hydrogen (secondary N) is 2. The summed E-state index contributed by atoms with van der Waals surface area (Å²) in [6.45, 7) is 8.54. The molecule has 0 spiro atoms. The average molecular weight is 230 g/mol. The van der Waals surface area contributed by atoms with E-state index < -0.39 is 0 Å². The van der Waals surface area contributed by atoms with Crippen LogP contribution in [0.2, 0.25) is 0 Å². The van der Waals surface area contributed by atoms with Gasteiger partial charge in [0.05, 0.1) is 6.17 Å². The van der Waals surface area contributed by atoms with Gasteiger partial charge < -0.3 is 5.73 Å². The summed E-state index contributed by atoms with van der Waals surface area (Å²) in [4.78, 5) is 0. The van der Waals surface area contributed by atoms with E-state index in [9.17, 15) is 0 Å². The van der Waals surface area contributed by atoms with Crippen LogP contribution in [-0.4, -0.2) is 24.4 Å². The highest BCUT2D eigenvalue weighted by atomic mass is 15.7. The zero-order valence-electron chi connectivity index (χ0n) is 11.3. The van der Waals surface area contributed by atoms with Crippen molar-refractivity contribution in [2.75, 3.05) is 13.1 Å². The van der Waals surface area contributed by atoms with Gasteiger partial charge in [0.2, 0.25) is 0 Å². The van der Waals surface area contributed by atoms with Gasteiger partial charge in [-0.3, -0.25) is 0 Å². The van der Waals surface area contributed by atoms with Crippen LogP contribution in [0.1, 0.15) is 59.3 Å². The third-order valence-electron chi connectivity index (χ3n) is 2.54. The molecular weight excluding hydrogens is 200 g/mol. The third-order valence-corrected chi connectivity index (χ3v) is 2.54. The minimum absolute atomic E-state index is 0.0683. The summed E-state index contributed by atoms with van der Waals surface area (Å²) >= 11 is 0. The Morgan fingerprint density at radius 1 is 0.938 bits per heavy atom. The lowest BCUT2D eigenvalue weighted by Gasteiger charge is -2.29. The molecule has 4 nitrogen and oxygen atoms in total. The molecule has 0 radical (unpaired) electrons. The third kappa shape index (κ3) is 8.05. The Labute approximate surface area is 101 Å². The minimum atomic E-state index is 0.0683. The first-order chi connectivity index (χ1) is 7.76. The minimum Gasteiger partial charge on any atom is -0.313 e. The number of nitrogens with two attached hydrogens (primary N) is 1. The Hall–Kier alpha value is -0.160. The fraction of sp³-hybridized carbons (Fsp3) is 1.00. The monoisotopic (exact) mass is 230 g/mol. The van der Waals surface area contributed by atoms with Crippen LogP contribution in [0.25, 0.3) is 0 Å². The van der Waals surface area contributed by atoms with E-state index in [1.165, 1.54) is 25.7 Å². The molecule has 16 heavy (non-hydrogen) atoms.